The first-order chi connectivity index (χ1) is 10.7. The van der Waals surface area contributed by atoms with Crippen molar-refractivity contribution < 1.29 is 14.2 Å². The van der Waals surface area contributed by atoms with E-state index in [2.05, 4.69) is 22.0 Å². The number of nitrogens with zero attached hydrogens (tertiary/aromatic N) is 1. The first-order valence-electron chi connectivity index (χ1n) is 6.91. The van der Waals surface area contributed by atoms with Crippen LogP contribution in [0.1, 0.15) is 12.5 Å². The molecular weight excluding hydrogens is 346 g/mol. The van der Waals surface area contributed by atoms with Gasteiger partial charge in [0.05, 0.1) is 12.2 Å². The zero-order chi connectivity index (χ0) is 15.8. The van der Waals surface area contributed by atoms with Gasteiger partial charge in [-0.25, -0.2) is 0 Å². The first-order valence-corrected chi connectivity index (χ1v) is 7.71. The third kappa shape index (κ3) is 4.40. The average Bonchev–Trinajstić information content (AvgIpc) is 2.54. The number of benzene rings is 2. The van der Waals surface area contributed by atoms with Gasteiger partial charge in [0.25, 0.3) is 0 Å². The second-order valence-electron chi connectivity index (χ2n) is 4.33. The van der Waals surface area contributed by atoms with E-state index in [1.54, 1.807) is 12.1 Å². The maximum absolute atomic E-state index is 9.07. The van der Waals surface area contributed by atoms with Crippen LogP contribution < -0.4 is 14.2 Å². The van der Waals surface area contributed by atoms with Crippen molar-refractivity contribution in [1.29, 1.82) is 5.26 Å². The molecule has 4 nitrogen and oxygen atoms in total. The molecule has 2 rings (SSSR count). The molecule has 2 aromatic carbocycles. The highest BCUT2D eigenvalue weighted by Crippen LogP contribution is 2.26. The van der Waals surface area contributed by atoms with Crippen LogP contribution in [0.25, 0.3) is 0 Å². The summed E-state index contributed by atoms with van der Waals surface area (Å²) >= 11 is 3.33. The van der Waals surface area contributed by atoms with E-state index < -0.39 is 0 Å². The number of hydrogen-bond acceptors (Lipinski definition) is 4. The largest absolute Gasteiger partial charge is 0.490 e. The predicted molar refractivity (Wildman–Crippen MR) is 87.5 cm³/mol. The van der Waals surface area contributed by atoms with Crippen molar-refractivity contribution in [2.45, 2.75) is 6.92 Å². The molecule has 0 N–H and O–H groups in total. The molecule has 0 radical (unpaired) electrons. The van der Waals surface area contributed by atoms with E-state index in [1.165, 1.54) is 0 Å². The van der Waals surface area contributed by atoms with Gasteiger partial charge < -0.3 is 14.2 Å². The number of halogens is 1. The van der Waals surface area contributed by atoms with E-state index >= 15 is 0 Å². The summed E-state index contributed by atoms with van der Waals surface area (Å²) in [4.78, 5) is 0. The number of hydrogen-bond donors (Lipinski definition) is 0. The summed E-state index contributed by atoms with van der Waals surface area (Å²) in [6, 6.07) is 14.9. The molecule has 114 valence electrons. The highest BCUT2D eigenvalue weighted by atomic mass is 79.9. The predicted octanol–water partition coefficient (Wildman–Crippen LogP) is 4.18. The van der Waals surface area contributed by atoms with Gasteiger partial charge in [0, 0.05) is 4.47 Å². The van der Waals surface area contributed by atoms with Crippen LogP contribution >= 0.6 is 15.9 Å². The van der Waals surface area contributed by atoms with E-state index in [0.29, 0.717) is 42.6 Å². The Morgan fingerprint density at radius 1 is 0.955 bits per heavy atom. The van der Waals surface area contributed by atoms with Crippen LogP contribution in [0.4, 0.5) is 0 Å². The summed E-state index contributed by atoms with van der Waals surface area (Å²) in [6.45, 7) is 3.22. The Kier molecular flexibility index (Phi) is 6.11. The number of ether oxygens (including phenoxy) is 3. The molecule has 0 aliphatic carbocycles. The summed E-state index contributed by atoms with van der Waals surface area (Å²) < 4.78 is 17.6. The second kappa shape index (κ2) is 8.30. The van der Waals surface area contributed by atoms with E-state index in [1.807, 2.05) is 37.3 Å². The highest BCUT2D eigenvalue weighted by molar-refractivity contribution is 9.10. The Bertz CT molecular complexity index is 667. The second-order valence-corrected chi connectivity index (χ2v) is 5.24. The molecule has 0 saturated heterocycles. The van der Waals surface area contributed by atoms with Crippen molar-refractivity contribution in [3.8, 4) is 23.3 Å². The van der Waals surface area contributed by atoms with Crippen molar-refractivity contribution >= 4 is 15.9 Å². The number of para-hydroxylation sites is 2. The summed E-state index contributed by atoms with van der Waals surface area (Å²) in [5.41, 5.74) is 0.490. The maximum Gasteiger partial charge on any atom is 0.161 e. The lowest BCUT2D eigenvalue weighted by Crippen LogP contribution is -2.10. The van der Waals surface area contributed by atoms with Crippen LogP contribution in [0, 0.1) is 11.3 Å². The minimum absolute atomic E-state index is 0.344. The molecule has 0 bridgehead atoms. The van der Waals surface area contributed by atoms with Crippen molar-refractivity contribution in [2.75, 3.05) is 19.8 Å². The summed E-state index contributed by atoms with van der Waals surface area (Å²) in [6.07, 6.45) is 0. The minimum Gasteiger partial charge on any atom is -0.490 e. The first kappa shape index (κ1) is 16.2. The van der Waals surface area contributed by atoms with Gasteiger partial charge in [-0.15, -0.1) is 0 Å². The minimum atomic E-state index is 0.344. The van der Waals surface area contributed by atoms with E-state index in [-0.39, 0.29) is 0 Å². The molecule has 0 atom stereocenters. The topological polar surface area (TPSA) is 51.5 Å². The molecule has 0 heterocycles. The summed E-state index contributed by atoms with van der Waals surface area (Å²) in [5, 5.41) is 9.07. The molecule has 0 aromatic heterocycles. The van der Waals surface area contributed by atoms with E-state index in [9.17, 15) is 0 Å². The fraction of sp³-hybridized carbons (Fsp3) is 0.235. The molecule has 0 aliphatic rings. The van der Waals surface area contributed by atoms with Crippen LogP contribution in [0.5, 0.6) is 17.2 Å². The lowest BCUT2D eigenvalue weighted by molar-refractivity contribution is 0.208. The molecular formula is C17H16BrNO3. The fourth-order valence-electron chi connectivity index (χ4n) is 1.86. The van der Waals surface area contributed by atoms with Crippen molar-refractivity contribution in [3.05, 3.63) is 52.5 Å². The van der Waals surface area contributed by atoms with Gasteiger partial charge in [0.1, 0.15) is 25.0 Å². The Labute approximate surface area is 138 Å². The lowest BCUT2D eigenvalue weighted by atomic mass is 10.2. The third-order valence-electron chi connectivity index (χ3n) is 2.81. The fourth-order valence-corrected chi connectivity index (χ4v) is 2.22. The van der Waals surface area contributed by atoms with Crippen molar-refractivity contribution in [1.82, 2.24) is 0 Å². The van der Waals surface area contributed by atoms with Gasteiger partial charge in [-0.2, -0.15) is 5.26 Å². The normalized spacial score (nSPS) is 9.86. The van der Waals surface area contributed by atoms with Gasteiger partial charge in [-0.05, 0) is 37.3 Å². The Morgan fingerprint density at radius 2 is 1.59 bits per heavy atom. The Hall–Kier alpha value is -2.19. The molecule has 0 fully saturated rings. The molecule has 0 spiro atoms. The zero-order valence-electron chi connectivity index (χ0n) is 12.2. The quantitative estimate of drug-likeness (QED) is 0.694. The zero-order valence-corrected chi connectivity index (χ0v) is 13.8. The highest BCUT2D eigenvalue weighted by Gasteiger charge is 2.06. The van der Waals surface area contributed by atoms with Crippen LogP contribution in [-0.2, 0) is 0 Å². The SMILES string of the molecule is CCOc1ccccc1OCCOc1ccc(Br)cc1C#N. The maximum atomic E-state index is 9.07. The standard InChI is InChI=1S/C17H16BrNO3/c1-2-20-16-5-3-4-6-17(16)22-10-9-21-15-8-7-14(18)11-13(15)12-19/h3-8,11H,2,9-10H2,1H3. The third-order valence-corrected chi connectivity index (χ3v) is 3.30. The van der Waals surface area contributed by atoms with Crippen LogP contribution in [0.2, 0.25) is 0 Å². The molecule has 5 heteroatoms. The van der Waals surface area contributed by atoms with Gasteiger partial charge >= 0.3 is 0 Å². The Morgan fingerprint density at radius 3 is 2.23 bits per heavy atom. The van der Waals surface area contributed by atoms with E-state index in [4.69, 9.17) is 19.5 Å². The smallest absolute Gasteiger partial charge is 0.161 e. The molecule has 0 amide bonds. The molecule has 22 heavy (non-hydrogen) atoms. The van der Waals surface area contributed by atoms with Gasteiger partial charge in [0.2, 0.25) is 0 Å². The van der Waals surface area contributed by atoms with E-state index in [0.717, 1.165) is 4.47 Å². The van der Waals surface area contributed by atoms with Crippen LogP contribution in [-0.4, -0.2) is 19.8 Å². The van der Waals surface area contributed by atoms with Crippen LogP contribution in [0.15, 0.2) is 46.9 Å². The van der Waals surface area contributed by atoms with Gasteiger partial charge in [0.15, 0.2) is 11.5 Å². The molecule has 2 aromatic rings. The lowest BCUT2D eigenvalue weighted by Gasteiger charge is -2.12. The summed E-state index contributed by atoms with van der Waals surface area (Å²) in [5.74, 6) is 1.95. The van der Waals surface area contributed by atoms with Crippen LogP contribution in [0.3, 0.4) is 0 Å². The average molecular weight is 362 g/mol. The monoisotopic (exact) mass is 361 g/mol. The summed E-state index contributed by atoms with van der Waals surface area (Å²) in [7, 11) is 0. The Balaban J connectivity index is 1.89. The van der Waals surface area contributed by atoms with Crippen molar-refractivity contribution in [3.63, 3.8) is 0 Å². The number of rotatable bonds is 7. The number of nitriles is 1. The van der Waals surface area contributed by atoms with Crippen molar-refractivity contribution in [2.24, 2.45) is 0 Å². The molecule has 0 aliphatic heterocycles. The molecule has 0 saturated carbocycles. The molecule has 0 unspecified atom stereocenters. The van der Waals surface area contributed by atoms with Gasteiger partial charge in [-0.1, -0.05) is 28.1 Å². The van der Waals surface area contributed by atoms with Gasteiger partial charge in [-0.3, -0.25) is 0 Å².